The maximum absolute atomic E-state index is 12.9. The van der Waals surface area contributed by atoms with E-state index in [0.29, 0.717) is 27.3 Å². The fourth-order valence-electron chi connectivity index (χ4n) is 3.16. The molecule has 0 radical (unpaired) electrons. The number of hydrogen-bond acceptors (Lipinski definition) is 4. The third kappa shape index (κ3) is 5.85. The predicted octanol–water partition coefficient (Wildman–Crippen LogP) is 6.97. The maximum Gasteiger partial charge on any atom is 0.266 e. The van der Waals surface area contributed by atoms with E-state index in [9.17, 15) is 4.79 Å². The zero-order chi connectivity index (χ0) is 22.7. The third-order valence-electron chi connectivity index (χ3n) is 4.51. The van der Waals surface area contributed by atoms with Crippen molar-refractivity contribution < 1.29 is 9.53 Å². The number of carbonyl (C=O) groups is 1. The molecule has 0 aromatic heterocycles. The number of amidine groups is 1. The van der Waals surface area contributed by atoms with Crippen LogP contribution in [0.2, 0.25) is 10.0 Å². The quantitative estimate of drug-likeness (QED) is 0.422. The van der Waals surface area contributed by atoms with Crippen molar-refractivity contribution in [3.8, 4) is 5.75 Å². The van der Waals surface area contributed by atoms with Gasteiger partial charge in [-0.2, -0.15) is 0 Å². The minimum atomic E-state index is -0.0635. The molecule has 2 aromatic rings. The first-order valence-electron chi connectivity index (χ1n) is 10.1. The van der Waals surface area contributed by atoms with E-state index in [4.69, 9.17) is 27.9 Å². The summed E-state index contributed by atoms with van der Waals surface area (Å²) >= 11 is 14.3. The number of thioether (sulfide) groups is 1. The molecule has 0 aliphatic carbocycles. The van der Waals surface area contributed by atoms with Gasteiger partial charge in [0.2, 0.25) is 0 Å². The van der Waals surface area contributed by atoms with Crippen LogP contribution in [0.3, 0.4) is 0 Å². The topological polar surface area (TPSA) is 41.9 Å². The predicted molar refractivity (Wildman–Crippen MR) is 132 cm³/mol. The molecular weight excluding hydrogens is 451 g/mol. The highest BCUT2D eigenvalue weighted by atomic mass is 35.5. The van der Waals surface area contributed by atoms with Gasteiger partial charge in [0, 0.05) is 12.1 Å². The zero-order valence-electron chi connectivity index (χ0n) is 18.3. The third-order valence-corrected chi connectivity index (χ3v) is 6.06. The van der Waals surface area contributed by atoms with Gasteiger partial charge in [-0.1, -0.05) is 53.0 Å². The number of rotatable bonds is 6. The highest BCUT2D eigenvalue weighted by Gasteiger charge is 2.35. The molecule has 1 saturated heterocycles. The van der Waals surface area contributed by atoms with Gasteiger partial charge >= 0.3 is 0 Å². The van der Waals surface area contributed by atoms with Crippen LogP contribution < -0.4 is 4.74 Å². The lowest BCUT2D eigenvalue weighted by atomic mass is 10.1. The van der Waals surface area contributed by atoms with Crippen molar-refractivity contribution in [2.45, 2.75) is 53.3 Å². The van der Waals surface area contributed by atoms with E-state index in [-0.39, 0.29) is 18.0 Å². The Hall–Kier alpha value is -1.95. The molecule has 0 saturated carbocycles. The molecule has 0 spiro atoms. The van der Waals surface area contributed by atoms with E-state index in [1.54, 1.807) is 23.1 Å². The van der Waals surface area contributed by atoms with Gasteiger partial charge in [-0.15, -0.1) is 0 Å². The maximum atomic E-state index is 12.9. The standard InChI is InChI=1S/C24H26Cl2N2O2S/c1-14(2)27-24-28(15(3)4)23(29)21(31-24)12-18-10-19(25)22(20(26)11-18)30-13-17-8-6-7-16(5)9-17/h6-12,14-15H,13H2,1-5H3/b21-12+,27-24?. The molecule has 0 unspecified atom stereocenters. The van der Waals surface area contributed by atoms with E-state index in [1.807, 2.05) is 52.8 Å². The number of amides is 1. The summed E-state index contributed by atoms with van der Waals surface area (Å²) in [6, 6.07) is 11.7. The second-order valence-electron chi connectivity index (χ2n) is 7.98. The Balaban J connectivity index is 1.84. The van der Waals surface area contributed by atoms with E-state index in [0.717, 1.165) is 21.9 Å². The van der Waals surface area contributed by atoms with Crippen LogP contribution in [0.1, 0.15) is 44.4 Å². The molecule has 3 rings (SSSR count). The Bertz CT molecular complexity index is 1020. The molecule has 164 valence electrons. The lowest BCUT2D eigenvalue weighted by molar-refractivity contribution is -0.123. The minimum absolute atomic E-state index is 0.0213. The minimum Gasteiger partial charge on any atom is -0.486 e. The summed E-state index contributed by atoms with van der Waals surface area (Å²) in [5, 5.41) is 1.52. The molecule has 2 aromatic carbocycles. The van der Waals surface area contributed by atoms with Crippen molar-refractivity contribution in [3.63, 3.8) is 0 Å². The van der Waals surface area contributed by atoms with Crippen molar-refractivity contribution in [1.82, 2.24) is 4.90 Å². The molecule has 0 bridgehead atoms. The second kappa shape index (κ2) is 10.1. The fraction of sp³-hybridized carbons (Fsp3) is 0.333. The van der Waals surface area contributed by atoms with Gasteiger partial charge in [0.15, 0.2) is 10.9 Å². The van der Waals surface area contributed by atoms with Gasteiger partial charge in [-0.3, -0.25) is 14.7 Å². The molecular formula is C24H26Cl2N2O2S. The van der Waals surface area contributed by atoms with Crippen LogP contribution >= 0.6 is 35.0 Å². The molecule has 31 heavy (non-hydrogen) atoms. The molecule has 4 nitrogen and oxygen atoms in total. The molecule has 1 heterocycles. The zero-order valence-corrected chi connectivity index (χ0v) is 20.6. The van der Waals surface area contributed by atoms with Crippen molar-refractivity contribution in [1.29, 1.82) is 0 Å². The van der Waals surface area contributed by atoms with Crippen molar-refractivity contribution in [3.05, 3.63) is 68.0 Å². The Labute approximate surface area is 198 Å². The van der Waals surface area contributed by atoms with Gasteiger partial charge in [0.25, 0.3) is 5.91 Å². The molecule has 1 aliphatic rings. The number of aryl methyl sites for hydroxylation is 1. The van der Waals surface area contributed by atoms with Crippen LogP contribution in [-0.2, 0) is 11.4 Å². The average molecular weight is 477 g/mol. The van der Waals surface area contributed by atoms with Gasteiger partial charge in [0.1, 0.15) is 6.61 Å². The normalized spacial score (nSPS) is 16.9. The first kappa shape index (κ1) is 23.7. The molecule has 1 amide bonds. The summed E-state index contributed by atoms with van der Waals surface area (Å²) in [7, 11) is 0. The number of carbonyl (C=O) groups excluding carboxylic acids is 1. The summed E-state index contributed by atoms with van der Waals surface area (Å²) in [6.07, 6.45) is 1.80. The number of aliphatic imine (C=N–C) groups is 1. The first-order valence-corrected chi connectivity index (χ1v) is 11.7. The summed E-state index contributed by atoms with van der Waals surface area (Å²) in [5.74, 6) is 0.370. The van der Waals surface area contributed by atoms with Gasteiger partial charge in [-0.05, 0) is 75.7 Å². The highest BCUT2D eigenvalue weighted by Crippen LogP contribution is 2.38. The highest BCUT2D eigenvalue weighted by molar-refractivity contribution is 8.18. The number of ether oxygens (including phenoxy) is 1. The number of halogens is 2. The number of hydrogen-bond donors (Lipinski definition) is 0. The second-order valence-corrected chi connectivity index (χ2v) is 9.80. The van der Waals surface area contributed by atoms with Crippen LogP contribution in [0.4, 0.5) is 0 Å². The van der Waals surface area contributed by atoms with E-state index < -0.39 is 0 Å². The summed E-state index contributed by atoms with van der Waals surface area (Å²) < 4.78 is 5.88. The van der Waals surface area contributed by atoms with Gasteiger partial charge in [-0.25, -0.2) is 0 Å². The number of nitrogens with zero attached hydrogens (tertiary/aromatic N) is 2. The van der Waals surface area contributed by atoms with Crippen LogP contribution in [0.15, 0.2) is 46.3 Å². The van der Waals surface area contributed by atoms with E-state index in [2.05, 4.69) is 11.1 Å². The largest absolute Gasteiger partial charge is 0.486 e. The number of benzene rings is 2. The lowest BCUT2D eigenvalue weighted by Gasteiger charge is -2.20. The van der Waals surface area contributed by atoms with Crippen molar-refractivity contribution in [2.24, 2.45) is 4.99 Å². The lowest BCUT2D eigenvalue weighted by Crippen LogP contribution is -2.35. The smallest absolute Gasteiger partial charge is 0.266 e. The molecule has 7 heteroatoms. The average Bonchev–Trinajstić information content (AvgIpc) is 2.95. The SMILES string of the molecule is Cc1cccc(COc2c(Cl)cc(/C=C3/SC(=NC(C)C)N(C(C)C)C3=O)cc2Cl)c1. The first-order chi connectivity index (χ1) is 14.7. The summed E-state index contributed by atoms with van der Waals surface area (Å²) in [5.41, 5.74) is 2.94. The molecule has 1 aliphatic heterocycles. The summed E-state index contributed by atoms with van der Waals surface area (Å²) in [6.45, 7) is 10.3. The van der Waals surface area contributed by atoms with E-state index >= 15 is 0 Å². The van der Waals surface area contributed by atoms with Gasteiger partial charge < -0.3 is 4.74 Å². The van der Waals surface area contributed by atoms with Crippen molar-refractivity contribution in [2.75, 3.05) is 0 Å². The Kier molecular flexibility index (Phi) is 7.73. The molecule has 1 fully saturated rings. The van der Waals surface area contributed by atoms with Crippen LogP contribution in [0.5, 0.6) is 5.75 Å². The monoisotopic (exact) mass is 476 g/mol. The van der Waals surface area contributed by atoms with Crippen molar-refractivity contribution >= 4 is 52.1 Å². The Morgan fingerprint density at radius 3 is 2.39 bits per heavy atom. The van der Waals surface area contributed by atoms with Crippen LogP contribution in [0, 0.1) is 6.92 Å². The van der Waals surface area contributed by atoms with Gasteiger partial charge in [0.05, 0.1) is 15.0 Å². The summed E-state index contributed by atoms with van der Waals surface area (Å²) in [4.78, 5) is 19.8. The van der Waals surface area contributed by atoms with Crippen LogP contribution in [0.25, 0.3) is 6.08 Å². The molecule has 0 atom stereocenters. The Morgan fingerprint density at radius 2 is 1.81 bits per heavy atom. The molecule has 0 N–H and O–H groups in total. The van der Waals surface area contributed by atoms with E-state index in [1.165, 1.54) is 11.8 Å². The fourth-order valence-corrected chi connectivity index (χ4v) is 5.01. The Morgan fingerprint density at radius 1 is 1.13 bits per heavy atom. The van der Waals surface area contributed by atoms with Crippen LogP contribution in [-0.4, -0.2) is 28.1 Å².